The topological polar surface area (TPSA) is 69.0 Å². The number of anilines is 1. The van der Waals surface area contributed by atoms with E-state index in [9.17, 15) is 4.79 Å². The molecule has 2 aromatic carbocycles. The summed E-state index contributed by atoms with van der Waals surface area (Å²) in [4.78, 5) is 12.5. The molecule has 1 amide bonds. The van der Waals surface area contributed by atoms with Crippen molar-refractivity contribution in [1.82, 2.24) is 14.8 Å². The summed E-state index contributed by atoms with van der Waals surface area (Å²) in [5.74, 6) is 1.27. The molecule has 1 atom stereocenters. The molecule has 0 spiro atoms. The molecule has 0 aliphatic heterocycles. The molecule has 1 heterocycles. The second kappa shape index (κ2) is 9.41. The molecule has 7 heteroatoms. The number of nitrogens with one attached hydrogen (secondary N) is 1. The number of methoxy groups -OCH3 is 1. The monoisotopic (exact) mass is 396 g/mol. The van der Waals surface area contributed by atoms with Crippen LogP contribution in [0.4, 0.5) is 5.69 Å². The zero-order valence-corrected chi connectivity index (χ0v) is 17.1. The van der Waals surface area contributed by atoms with Crippen LogP contribution in [0.15, 0.2) is 60.0 Å². The molecule has 3 aromatic rings. The van der Waals surface area contributed by atoms with Crippen molar-refractivity contribution in [2.45, 2.75) is 31.3 Å². The number of thioether (sulfide) groups is 1. The smallest absolute Gasteiger partial charge is 0.234 e. The van der Waals surface area contributed by atoms with Crippen molar-refractivity contribution in [3.63, 3.8) is 0 Å². The van der Waals surface area contributed by atoms with Gasteiger partial charge in [0.05, 0.1) is 18.6 Å². The molecular formula is C21H24N4O2S. The highest BCUT2D eigenvalue weighted by Crippen LogP contribution is 2.28. The number of benzene rings is 2. The molecular weight excluding hydrogens is 372 g/mol. The Labute approximate surface area is 169 Å². The second-order valence-corrected chi connectivity index (χ2v) is 7.33. The van der Waals surface area contributed by atoms with Gasteiger partial charge < -0.3 is 10.1 Å². The first kappa shape index (κ1) is 19.9. The lowest BCUT2D eigenvalue weighted by atomic mass is 9.97. The Morgan fingerprint density at radius 3 is 2.75 bits per heavy atom. The van der Waals surface area contributed by atoms with Gasteiger partial charge in [0.15, 0.2) is 5.16 Å². The number of para-hydroxylation sites is 3. The van der Waals surface area contributed by atoms with Crippen LogP contribution in [-0.2, 0) is 4.79 Å². The summed E-state index contributed by atoms with van der Waals surface area (Å²) in [6.45, 7) is 4.30. The van der Waals surface area contributed by atoms with Gasteiger partial charge in [-0.25, -0.2) is 0 Å². The summed E-state index contributed by atoms with van der Waals surface area (Å²) in [6.07, 6.45) is 2.64. The van der Waals surface area contributed by atoms with Crippen LogP contribution in [0.2, 0.25) is 0 Å². The van der Waals surface area contributed by atoms with Crippen LogP contribution in [0.1, 0.15) is 31.7 Å². The van der Waals surface area contributed by atoms with Crippen molar-refractivity contribution < 1.29 is 9.53 Å². The van der Waals surface area contributed by atoms with Gasteiger partial charge in [0, 0.05) is 5.69 Å². The molecule has 0 radical (unpaired) electrons. The SMILES string of the molecule is CCC(C)c1ccccc1NC(=O)CSc1nncn1-c1ccccc1OC. The molecule has 0 aliphatic rings. The number of rotatable bonds is 8. The van der Waals surface area contributed by atoms with E-state index in [2.05, 4.69) is 35.4 Å². The van der Waals surface area contributed by atoms with Crippen molar-refractivity contribution in [2.24, 2.45) is 0 Å². The van der Waals surface area contributed by atoms with Crippen LogP contribution < -0.4 is 10.1 Å². The molecule has 1 aromatic heterocycles. The van der Waals surface area contributed by atoms with Crippen LogP contribution in [0.25, 0.3) is 5.69 Å². The Balaban J connectivity index is 1.70. The summed E-state index contributed by atoms with van der Waals surface area (Å²) in [5, 5.41) is 11.8. The third kappa shape index (κ3) is 4.54. The zero-order chi connectivity index (χ0) is 19.9. The maximum Gasteiger partial charge on any atom is 0.234 e. The largest absolute Gasteiger partial charge is 0.495 e. The molecule has 146 valence electrons. The molecule has 28 heavy (non-hydrogen) atoms. The minimum absolute atomic E-state index is 0.0738. The Hall–Kier alpha value is -2.80. The first-order valence-corrected chi connectivity index (χ1v) is 10.2. The van der Waals surface area contributed by atoms with E-state index in [1.807, 2.05) is 47.0 Å². The Morgan fingerprint density at radius 1 is 1.21 bits per heavy atom. The maximum absolute atomic E-state index is 12.5. The number of ether oxygens (including phenoxy) is 1. The van der Waals surface area contributed by atoms with E-state index in [0.29, 0.717) is 11.1 Å². The summed E-state index contributed by atoms with van der Waals surface area (Å²) in [7, 11) is 1.62. The van der Waals surface area contributed by atoms with E-state index in [1.54, 1.807) is 13.4 Å². The first-order chi connectivity index (χ1) is 13.6. The summed E-state index contributed by atoms with van der Waals surface area (Å²) < 4.78 is 7.23. The highest BCUT2D eigenvalue weighted by molar-refractivity contribution is 7.99. The third-order valence-electron chi connectivity index (χ3n) is 4.57. The van der Waals surface area contributed by atoms with E-state index in [4.69, 9.17) is 4.74 Å². The predicted molar refractivity (Wildman–Crippen MR) is 112 cm³/mol. The normalized spacial score (nSPS) is 11.8. The van der Waals surface area contributed by atoms with Gasteiger partial charge in [0.2, 0.25) is 5.91 Å². The fraction of sp³-hybridized carbons (Fsp3) is 0.286. The van der Waals surface area contributed by atoms with Gasteiger partial charge in [0.25, 0.3) is 0 Å². The number of amides is 1. The molecule has 3 rings (SSSR count). The Morgan fingerprint density at radius 2 is 1.96 bits per heavy atom. The summed E-state index contributed by atoms with van der Waals surface area (Å²) >= 11 is 1.34. The van der Waals surface area contributed by atoms with Gasteiger partial charge in [0.1, 0.15) is 12.1 Å². The molecule has 6 nitrogen and oxygen atoms in total. The number of aromatic nitrogens is 3. The number of carbonyl (C=O) groups is 1. The minimum Gasteiger partial charge on any atom is -0.495 e. The molecule has 0 fully saturated rings. The average molecular weight is 397 g/mol. The highest BCUT2D eigenvalue weighted by Gasteiger charge is 2.15. The Bertz CT molecular complexity index is 941. The molecule has 1 N–H and O–H groups in total. The van der Waals surface area contributed by atoms with Gasteiger partial charge in [-0.15, -0.1) is 10.2 Å². The number of hydrogen-bond donors (Lipinski definition) is 1. The average Bonchev–Trinajstić information content (AvgIpc) is 3.20. The zero-order valence-electron chi connectivity index (χ0n) is 16.3. The van der Waals surface area contributed by atoms with E-state index < -0.39 is 0 Å². The van der Waals surface area contributed by atoms with Gasteiger partial charge in [-0.2, -0.15) is 0 Å². The van der Waals surface area contributed by atoms with Crippen LogP contribution in [0, 0.1) is 0 Å². The van der Waals surface area contributed by atoms with Crippen LogP contribution in [-0.4, -0.2) is 33.5 Å². The van der Waals surface area contributed by atoms with Gasteiger partial charge in [-0.05, 0) is 36.1 Å². The third-order valence-corrected chi connectivity index (χ3v) is 5.51. The van der Waals surface area contributed by atoms with Crippen LogP contribution in [0.5, 0.6) is 5.75 Å². The van der Waals surface area contributed by atoms with Crippen molar-refractivity contribution in [2.75, 3.05) is 18.2 Å². The summed E-state index contributed by atoms with van der Waals surface area (Å²) in [5.41, 5.74) is 2.86. The fourth-order valence-electron chi connectivity index (χ4n) is 2.89. The van der Waals surface area contributed by atoms with Crippen LogP contribution in [0.3, 0.4) is 0 Å². The Kier molecular flexibility index (Phi) is 6.71. The first-order valence-electron chi connectivity index (χ1n) is 9.19. The van der Waals surface area contributed by atoms with Crippen molar-refractivity contribution in [3.05, 3.63) is 60.4 Å². The number of nitrogens with zero attached hydrogens (tertiary/aromatic N) is 3. The maximum atomic E-state index is 12.5. The highest BCUT2D eigenvalue weighted by atomic mass is 32.2. The van der Waals surface area contributed by atoms with E-state index in [-0.39, 0.29) is 11.7 Å². The second-order valence-electron chi connectivity index (χ2n) is 6.39. The standard InChI is InChI=1S/C21H24N4O2S/c1-4-15(2)16-9-5-6-10-17(16)23-20(26)13-28-21-24-22-14-25(21)18-11-7-8-12-19(18)27-3/h5-12,14-15H,4,13H2,1-3H3,(H,23,26). The van der Waals surface area contributed by atoms with Gasteiger partial charge in [-0.3, -0.25) is 9.36 Å². The van der Waals surface area contributed by atoms with Crippen molar-refractivity contribution >= 4 is 23.4 Å². The lowest BCUT2D eigenvalue weighted by molar-refractivity contribution is -0.113. The van der Waals surface area contributed by atoms with Crippen molar-refractivity contribution in [3.8, 4) is 11.4 Å². The van der Waals surface area contributed by atoms with Gasteiger partial charge in [-0.1, -0.05) is 55.9 Å². The molecule has 0 saturated heterocycles. The minimum atomic E-state index is -0.0738. The quantitative estimate of drug-likeness (QED) is 0.567. The molecule has 1 unspecified atom stereocenters. The number of carbonyl (C=O) groups excluding carboxylic acids is 1. The lowest BCUT2D eigenvalue weighted by Gasteiger charge is -2.15. The molecule has 0 bridgehead atoms. The molecule has 0 saturated carbocycles. The predicted octanol–water partition coefficient (Wildman–Crippen LogP) is 4.52. The van der Waals surface area contributed by atoms with E-state index in [0.717, 1.165) is 29.1 Å². The van der Waals surface area contributed by atoms with Crippen LogP contribution >= 0.6 is 11.8 Å². The van der Waals surface area contributed by atoms with E-state index in [1.165, 1.54) is 11.8 Å². The summed E-state index contributed by atoms with van der Waals surface area (Å²) in [6, 6.07) is 15.6. The number of hydrogen-bond acceptors (Lipinski definition) is 5. The fourth-order valence-corrected chi connectivity index (χ4v) is 3.62. The lowest BCUT2D eigenvalue weighted by Crippen LogP contribution is -2.16. The molecule has 0 aliphatic carbocycles. The van der Waals surface area contributed by atoms with Gasteiger partial charge >= 0.3 is 0 Å². The van der Waals surface area contributed by atoms with Crippen molar-refractivity contribution in [1.29, 1.82) is 0 Å². The van der Waals surface area contributed by atoms with E-state index >= 15 is 0 Å².